The van der Waals surface area contributed by atoms with Crippen LogP contribution in [0.2, 0.25) is 0 Å². The number of hydrogen-bond acceptors (Lipinski definition) is 4. The van der Waals surface area contributed by atoms with Crippen LogP contribution in [0.3, 0.4) is 0 Å². The highest BCUT2D eigenvalue weighted by Gasteiger charge is 2.35. The van der Waals surface area contributed by atoms with Gasteiger partial charge in [-0.05, 0) is 5.92 Å². The second-order valence-corrected chi connectivity index (χ2v) is 6.44. The Morgan fingerprint density at radius 1 is 1.53 bits per heavy atom. The van der Waals surface area contributed by atoms with Crippen molar-refractivity contribution in [2.24, 2.45) is 5.92 Å². The fourth-order valence-electron chi connectivity index (χ4n) is 2.15. The van der Waals surface area contributed by atoms with Crippen molar-refractivity contribution in [3.05, 3.63) is 0 Å². The van der Waals surface area contributed by atoms with Gasteiger partial charge in [0.05, 0.1) is 19.0 Å². The number of morpholine rings is 1. The van der Waals surface area contributed by atoms with Gasteiger partial charge in [-0.3, -0.25) is 0 Å². The molecule has 2 aliphatic rings. The van der Waals surface area contributed by atoms with Crippen LogP contribution in [0, 0.1) is 5.92 Å². The van der Waals surface area contributed by atoms with Crippen molar-refractivity contribution in [1.82, 2.24) is 9.62 Å². The van der Waals surface area contributed by atoms with E-state index in [1.807, 2.05) is 6.92 Å². The van der Waals surface area contributed by atoms with Gasteiger partial charge in [0.25, 0.3) is 0 Å². The fraction of sp³-hybridized carbons (Fsp3) is 1.00. The summed E-state index contributed by atoms with van der Waals surface area (Å²) < 4.78 is 30.3. The van der Waals surface area contributed by atoms with Gasteiger partial charge in [-0.2, -0.15) is 4.31 Å². The van der Waals surface area contributed by atoms with Crippen LogP contribution in [-0.4, -0.2) is 57.4 Å². The first-order valence-corrected chi connectivity index (χ1v) is 6.98. The SMILES string of the molecule is CC1CN(CC2COCCN2)S(=O)(=O)C1. The number of nitrogens with one attached hydrogen (secondary N) is 1. The van der Waals surface area contributed by atoms with Crippen LogP contribution in [-0.2, 0) is 14.8 Å². The normalized spacial score (nSPS) is 36.9. The molecule has 1 N–H and O–H groups in total. The van der Waals surface area contributed by atoms with Crippen molar-refractivity contribution in [3.63, 3.8) is 0 Å². The molecule has 0 amide bonds. The summed E-state index contributed by atoms with van der Waals surface area (Å²) in [6.45, 7) is 5.32. The molecule has 2 aliphatic heterocycles. The third kappa shape index (κ3) is 2.69. The van der Waals surface area contributed by atoms with E-state index in [4.69, 9.17) is 4.74 Å². The molecule has 2 atom stereocenters. The molecule has 0 aromatic rings. The molecule has 0 aromatic heterocycles. The molecule has 2 fully saturated rings. The lowest BCUT2D eigenvalue weighted by atomic mass is 10.2. The molecule has 0 aromatic carbocycles. The molecule has 0 bridgehead atoms. The average molecular weight is 234 g/mol. The fourth-order valence-corrected chi connectivity index (χ4v) is 4.07. The third-order valence-electron chi connectivity index (χ3n) is 2.83. The standard InChI is InChI=1S/C9H18N2O3S/c1-8-4-11(15(12,13)7-8)5-9-6-14-3-2-10-9/h8-10H,2-7H2,1H3. The first-order valence-electron chi connectivity index (χ1n) is 5.37. The summed E-state index contributed by atoms with van der Waals surface area (Å²) in [6.07, 6.45) is 0. The van der Waals surface area contributed by atoms with E-state index in [0.717, 1.165) is 13.2 Å². The summed E-state index contributed by atoms with van der Waals surface area (Å²) in [4.78, 5) is 0. The van der Waals surface area contributed by atoms with Crippen molar-refractivity contribution in [2.75, 3.05) is 38.6 Å². The largest absolute Gasteiger partial charge is 0.378 e. The Bertz CT molecular complexity index is 311. The molecule has 0 saturated carbocycles. The van der Waals surface area contributed by atoms with E-state index in [1.54, 1.807) is 4.31 Å². The highest BCUT2D eigenvalue weighted by atomic mass is 32.2. The van der Waals surface area contributed by atoms with Crippen LogP contribution in [0.4, 0.5) is 0 Å². The van der Waals surface area contributed by atoms with Crippen molar-refractivity contribution in [3.8, 4) is 0 Å². The predicted octanol–water partition coefficient (Wildman–Crippen LogP) is -0.744. The molecule has 2 rings (SSSR count). The molecule has 0 aliphatic carbocycles. The highest BCUT2D eigenvalue weighted by molar-refractivity contribution is 7.89. The van der Waals surface area contributed by atoms with Crippen LogP contribution in [0.15, 0.2) is 0 Å². The minimum absolute atomic E-state index is 0.152. The molecule has 2 heterocycles. The van der Waals surface area contributed by atoms with Crippen LogP contribution in [0.25, 0.3) is 0 Å². The lowest BCUT2D eigenvalue weighted by Gasteiger charge is -2.27. The summed E-state index contributed by atoms with van der Waals surface area (Å²) in [6, 6.07) is 0.152. The first kappa shape index (κ1) is 11.3. The van der Waals surface area contributed by atoms with Crippen LogP contribution >= 0.6 is 0 Å². The van der Waals surface area contributed by atoms with E-state index in [-0.39, 0.29) is 12.0 Å². The van der Waals surface area contributed by atoms with Gasteiger partial charge >= 0.3 is 0 Å². The zero-order chi connectivity index (χ0) is 10.9. The van der Waals surface area contributed by atoms with Crippen molar-refractivity contribution in [1.29, 1.82) is 0 Å². The van der Waals surface area contributed by atoms with Gasteiger partial charge in [-0.25, -0.2) is 8.42 Å². The maximum absolute atomic E-state index is 11.7. The molecule has 0 spiro atoms. The van der Waals surface area contributed by atoms with E-state index < -0.39 is 10.0 Å². The molecule has 2 saturated heterocycles. The summed E-state index contributed by atoms with van der Waals surface area (Å²) in [7, 11) is -3.00. The van der Waals surface area contributed by atoms with E-state index in [1.165, 1.54) is 0 Å². The number of rotatable bonds is 2. The third-order valence-corrected chi connectivity index (χ3v) is 4.90. The summed E-state index contributed by atoms with van der Waals surface area (Å²) in [5.41, 5.74) is 0. The maximum Gasteiger partial charge on any atom is 0.214 e. The summed E-state index contributed by atoms with van der Waals surface area (Å²) in [5, 5.41) is 3.27. The average Bonchev–Trinajstić information content (AvgIpc) is 2.41. The van der Waals surface area contributed by atoms with E-state index in [2.05, 4.69) is 5.32 Å². The lowest BCUT2D eigenvalue weighted by Crippen LogP contribution is -2.48. The highest BCUT2D eigenvalue weighted by Crippen LogP contribution is 2.19. The Morgan fingerprint density at radius 3 is 2.87 bits per heavy atom. The molecular formula is C9H18N2O3S. The zero-order valence-electron chi connectivity index (χ0n) is 8.98. The number of sulfonamides is 1. The lowest BCUT2D eigenvalue weighted by molar-refractivity contribution is 0.0707. The zero-order valence-corrected chi connectivity index (χ0v) is 9.79. The van der Waals surface area contributed by atoms with E-state index >= 15 is 0 Å². The quantitative estimate of drug-likeness (QED) is 0.683. The molecular weight excluding hydrogens is 216 g/mol. The van der Waals surface area contributed by atoms with Gasteiger partial charge in [0.15, 0.2) is 0 Å². The van der Waals surface area contributed by atoms with Crippen molar-refractivity contribution >= 4 is 10.0 Å². The summed E-state index contributed by atoms with van der Waals surface area (Å²) >= 11 is 0. The monoisotopic (exact) mass is 234 g/mol. The van der Waals surface area contributed by atoms with Gasteiger partial charge in [0.2, 0.25) is 10.0 Å². The number of ether oxygens (including phenoxy) is 1. The van der Waals surface area contributed by atoms with E-state index in [0.29, 0.717) is 25.4 Å². The molecule has 5 nitrogen and oxygen atoms in total. The minimum atomic E-state index is -3.00. The van der Waals surface area contributed by atoms with Crippen molar-refractivity contribution in [2.45, 2.75) is 13.0 Å². The van der Waals surface area contributed by atoms with Gasteiger partial charge in [-0.1, -0.05) is 6.92 Å². The summed E-state index contributed by atoms with van der Waals surface area (Å²) in [5.74, 6) is 0.542. The number of hydrogen-bond donors (Lipinski definition) is 1. The van der Waals surface area contributed by atoms with Gasteiger partial charge < -0.3 is 10.1 Å². The molecule has 2 unspecified atom stereocenters. The van der Waals surface area contributed by atoms with Crippen LogP contribution in [0.1, 0.15) is 6.92 Å². The Morgan fingerprint density at radius 2 is 2.33 bits per heavy atom. The van der Waals surface area contributed by atoms with Gasteiger partial charge in [0, 0.05) is 25.7 Å². The Balaban J connectivity index is 1.93. The van der Waals surface area contributed by atoms with Gasteiger partial charge in [-0.15, -0.1) is 0 Å². The predicted molar refractivity (Wildman–Crippen MR) is 57.1 cm³/mol. The number of nitrogens with zero attached hydrogens (tertiary/aromatic N) is 1. The van der Waals surface area contributed by atoms with E-state index in [9.17, 15) is 8.42 Å². The molecule has 88 valence electrons. The topological polar surface area (TPSA) is 58.6 Å². The Hall–Kier alpha value is -0.170. The second-order valence-electron chi connectivity index (χ2n) is 4.43. The Labute approximate surface area is 90.8 Å². The molecule has 0 radical (unpaired) electrons. The minimum Gasteiger partial charge on any atom is -0.378 e. The molecule has 6 heteroatoms. The first-order chi connectivity index (χ1) is 7.08. The van der Waals surface area contributed by atoms with Crippen molar-refractivity contribution < 1.29 is 13.2 Å². The van der Waals surface area contributed by atoms with Crippen LogP contribution in [0.5, 0.6) is 0 Å². The smallest absolute Gasteiger partial charge is 0.214 e. The molecule has 15 heavy (non-hydrogen) atoms. The second kappa shape index (κ2) is 4.37. The van der Waals surface area contributed by atoms with Gasteiger partial charge in [0.1, 0.15) is 0 Å². The maximum atomic E-state index is 11.7. The van der Waals surface area contributed by atoms with Crippen LogP contribution < -0.4 is 5.32 Å². The Kier molecular flexibility index (Phi) is 3.30.